The van der Waals surface area contributed by atoms with Crippen LogP contribution in [0.15, 0.2) is 222 Å². The van der Waals surface area contributed by atoms with E-state index in [4.69, 9.17) is 0 Å². The fourth-order valence-electron chi connectivity index (χ4n) is 9.99. The van der Waals surface area contributed by atoms with Crippen LogP contribution in [0.25, 0.3) is 54.6 Å². The van der Waals surface area contributed by atoms with Gasteiger partial charge in [0.25, 0.3) is 0 Å². The van der Waals surface area contributed by atoms with Crippen molar-refractivity contribution in [1.29, 1.82) is 0 Å². The highest BCUT2D eigenvalue weighted by molar-refractivity contribution is 7.99. The van der Waals surface area contributed by atoms with Crippen molar-refractivity contribution in [2.24, 2.45) is 0 Å². The second-order valence-electron chi connectivity index (χ2n) is 15.2. The molecule has 0 amide bonds. The Balaban J connectivity index is 1.19. The summed E-state index contributed by atoms with van der Waals surface area (Å²) in [6.07, 6.45) is 0. The number of fused-ring (bicyclic) bond motifs is 10. The van der Waals surface area contributed by atoms with Gasteiger partial charge in [-0.15, -0.1) is 0 Å². The van der Waals surface area contributed by atoms with Crippen molar-refractivity contribution in [2.45, 2.75) is 15.2 Å². The van der Waals surface area contributed by atoms with E-state index in [0.29, 0.717) is 0 Å². The van der Waals surface area contributed by atoms with E-state index in [0.717, 1.165) is 17.1 Å². The largest absolute Gasteiger partial charge is 0.309 e. The fraction of sp³-hybridized carbons (Fsp3) is 0.0182. The lowest BCUT2D eigenvalue weighted by Crippen LogP contribution is -2.36. The molecule has 12 rings (SSSR count). The number of hydrogen-bond acceptors (Lipinski definition) is 2. The van der Waals surface area contributed by atoms with Gasteiger partial charge in [0, 0.05) is 26.3 Å². The van der Waals surface area contributed by atoms with Crippen molar-refractivity contribution >= 4 is 61.1 Å². The molecule has 10 aromatic rings. The van der Waals surface area contributed by atoms with E-state index in [1.54, 1.807) is 0 Å². The average molecular weight is 742 g/mol. The first-order chi connectivity index (χ1) is 28.3. The zero-order valence-corrected chi connectivity index (χ0v) is 31.9. The Morgan fingerprint density at radius 2 is 0.930 bits per heavy atom. The van der Waals surface area contributed by atoms with Crippen molar-refractivity contribution in [3.05, 3.63) is 235 Å². The standard InChI is InChI=1S/C55H35NS/c1-2-15-36(16-3-1)40-23-13-25-44-42(40)24-14-31-51(44)56(50-30-12-18-37-17-4-5-21-41(37)50)39-33-34-53-49(35-39)55(47-28-8-9-32-52(47)57-53)46-27-7-6-22-43(46)45-26-10-19-38-20-11-29-48(55)54(38)45/h1-35H. The molecule has 0 saturated carbocycles. The van der Waals surface area contributed by atoms with Gasteiger partial charge in [-0.1, -0.05) is 188 Å². The van der Waals surface area contributed by atoms with Crippen LogP contribution in [0.3, 0.4) is 0 Å². The summed E-state index contributed by atoms with van der Waals surface area (Å²) in [6, 6.07) is 79.0. The van der Waals surface area contributed by atoms with E-state index in [2.05, 4.69) is 217 Å². The molecule has 0 saturated heterocycles. The summed E-state index contributed by atoms with van der Waals surface area (Å²) in [6.45, 7) is 0. The fourth-order valence-corrected chi connectivity index (χ4v) is 11.2. The third kappa shape index (κ3) is 4.65. The van der Waals surface area contributed by atoms with Crippen LogP contribution in [-0.2, 0) is 5.41 Å². The maximum atomic E-state index is 2.52. The average Bonchev–Trinajstić information content (AvgIpc) is 3.28. The van der Waals surface area contributed by atoms with Gasteiger partial charge >= 0.3 is 0 Å². The van der Waals surface area contributed by atoms with Crippen LogP contribution in [-0.4, -0.2) is 0 Å². The van der Waals surface area contributed by atoms with E-state index in [9.17, 15) is 0 Å². The molecule has 2 heteroatoms. The minimum atomic E-state index is -0.540. The van der Waals surface area contributed by atoms with E-state index in [1.807, 2.05) is 11.8 Å². The molecule has 2 aliphatic rings. The van der Waals surface area contributed by atoms with Gasteiger partial charge < -0.3 is 4.90 Å². The molecule has 0 radical (unpaired) electrons. The van der Waals surface area contributed by atoms with Crippen molar-refractivity contribution in [3.8, 4) is 22.3 Å². The molecule has 10 aromatic carbocycles. The molecular weight excluding hydrogens is 707 g/mol. The Labute approximate surface area is 336 Å². The summed E-state index contributed by atoms with van der Waals surface area (Å²) in [5.41, 5.74) is 13.3. The van der Waals surface area contributed by atoms with Crippen LogP contribution in [0.1, 0.15) is 22.3 Å². The van der Waals surface area contributed by atoms with Gasteiger partial charge in [0.2, 0.25) is 0 Å². The third-order valence-corrected chi connectivity index (χ3v) is 13.5. The minimum absolute atomic E-state index is 0.540. The van der Waals surface area contributed by atoms with Crippen LogP contribution in [0.4, 0.5) is 17.1 Å². The third-order valence-electron chi connectivity index (χ3n) is 12.3. The first-order valence-electron chi connectivity index (χ1n) is 19.7. The summed E-state index contributed by atoms with van der Waals surface area (Å²) in [4.78, 5) is 5.10. The van der Waals surface area contributed by atoms with Crippen LogP contribution < -0.4 is 4.90 Å². The van der Waals surface area contributed by atoms with E-state index >= 15 is 0 Å². The Bertz CT molecular complexity index is 3230. The molecule has 1 aliphatic heterocycles. The number of hydrogen-bond donors (Lipinski definition) is 0. The second kappa shape index (κ2) is 12.6. The van der Waals surface area contributed by atoms with Gasteiger partial charge in [0.1, 0.15) is 0 Å². The maximum absolute atomic E-state index is 2.52. The van der Waals surface area contributed by atoms with Gasteiger partial charge in [-0.05, 0) is 102 Å². The summed E-state index contributed by atoms with van der Waals surface area (Å²) < 4.78 is 0. The van der Waals surface area contributed by atoms with E-state index in [-0.39, 0.29) is 0 Å². The number of benzene rings is 10. The van der Waals surface area contributed by atoms with Gasteiger partial charge in [-0.25, -0.2) is 0 Å². The molecule has 1 unspecified atom stereocenters. The van der Waals surface area contributed by atoms with E-state index in [1.165, 1.54) is 86.6 Å². The van der Waals surface area contributed by atoms with Crippen molar-refractivity contribution in [1.82, 2.24) is 0 Å². The molecule has 266 valence electrons. The van der Waals surface area contributed by atoms with Crippen LogP contribution in [0.2, 0.25) is 0 Å². The molecular formula is C55H35NS. The zero-order chi connectivity index (χ0) is 37.5. The summed E-state index contributed by atoms with van der Waals surface area (Å²) >= 11 is 1.89. The lowest BCUT2D eigenvalue weighted by molar-refractivity contribution is 0.707. The highest BCUT2D eigenvalue weighted by Crippen LogP contribution is 2.62. The lowest BCUT2D eigenvalue weighted by atomic mass is 9.59. The molecule has 0 aromatic heterocycles. The minimum Gasteiger partial charge on any atom is -0.309 e. The van der Waals surface area contributed by atoms with E-state index < -0.39 is 5.41 Å². The van der Waals surface area contributed by atoms with Crippen LogP contribution >= 0.6 is 11.8 Å². The van der Waals surface area contributed by atoms with Gasteiger partial charge in [-0.2, -0.15) is 0 Å². The zero-order valence-electron chi connectivity index (χ0n) is 31.1. The quantitative estimate of drug-likeness (QED) is 0.177. The Kier molecular flexibility index (Phi) is 7.14. The first kappa shape index (κ1) is 32.4. The topological polar surface area (TPSA) is 3.24 Å². The van der Waals surface area contributed by atoms with Gasteiger partial charge in [0.05, 0.1) is 16.8 Å². The molecule has 1 nitrogen and oxygen atoms in total. The molecule has 0 fully saturated rings. The van der Waals surface area contributed by atoms with Crippen LogP contribution in [0, 0.1) is 0 Å². The number of nitrogens with zero attached hydrogens (tertiary/aromatic N) is 1. The van der Waals surface area contributed by atoms with Gasteiger partial charge in [-0.3, -0.25) is 0 Å². The van der Waals surface area contributed by atoms with Gasteiger partial charge in [0.15, 0.2) is 0 Å². The predicted octanol–water partition coefficient (Wildman–Crippen LogP) is 15.1. The number of anilines is 3. The summed E-state index contributed by atoms with van der Waals surface area (Å²) in [7, 11) is 0. The van der Waals surface area contributed by atoms with Crippen molar-refractivity contribution in [2.75, 3.05) is 4.90 Å². The van der Waals surface area contributed by atoms with Crippen molar-refractivity contribution < 1.29 is 0 Å². The normalized spacial score (nSPS) is 15.0. The monoisotopic (exact) mass is 741 g/mol. The maximum Gasteiger partial charge on any atom is 0.0736 e. The summed E-state index contributed by atoms with van der Waals surface area (Å²) in [5, 5.41) is 7.48. The highest BCUT2D eigenvalue weighted by atomic mass is 32.2. The second-order valence-corrected chi connectivity index (χ2v) is 16.2. The lowest BCUT2D eigenvalue weighted by Gasteiger charge is -2.46. The molecule has 1 aliphatic carbocycles. The molecule has 0 N–H and O–H groups in total. The smallest absolute Gasteiger partial charge is 0.0736 e. The molecule has 1 heterocycles. The SMILES string of the molecule is c1ccc(-c2cccc3c(N(c4ccc5c(c4)C4(c6ccccc6S5)c5ccccc5-c5cccc6cccc4c56)c4cccc5ccccc45)cccc23)cc1. The molecule has 0 bridgehead atoms. The molecule has 57 heavy (non-hydrogen) atoms. The first-order valence-corrected chi connectivity index (χ1v) is 20.5. The Morgan fingerprint density at radius 3 is 1.84 bits per heavy atom. The summed E-state index contributed by atoms with van der Waals surface area (Å²) in [5.74, 6) is 0. The number of rotatable bonds is 4. The molecule has 1 atom stereocenters. The Hall–Kier alpha value is -6.87. The predicted molar refractivity (Wildman–Crippen MR) is 241 cm³/mol. The van der Waals surface area contributed by atoms with Crippen LogP contribution in [0.5, 0.6) is 0 Å². The molecule has 1 spiro atoms. The highest BCUT2D eigenvalue weighted by Gasteiger charge is 2.48. The van der Waals surface area contributed by atoms with Crippen molar-refractivity contribution in [3.63, 3.8) is 0 Å². The Morgan fingerprint density at radius 1 is 0.351 bits per heavy atom.